The molecule has 3 atom stereocenters. The molecule has 3 fully saturated rings. The number of nitrogens with zero attached hydrogens (tertiary/aromatic N) is 3. The molecule has 3 aliphatic heterocycles. The van der Waals surface area contributed by atoms with E-state index < -0.39 is 6.04 Å². The minimum atomic E-state index is -0.394. The number of halogens is 1. The second kappa shape index (κ2) is 6.79. The lowest BCUT2D eigenvalue weighted by Crippen LogP contribution is -2.44. The molecular formula is C22H22BrN3O2. The number of carbonyl (C=O) groups is 2. The van der Waals surface area contributed by atoms with Crippen molar-refractivity contribution in [1.82, 2.24) is 10.0 Å². The number of rotatable bonds is 3. The molecule has 0 saturated carbocycles. The van der Waals surface area contributed by atoms with Crippen LogP contribution in [0.1, 0.15) is 30.5 Å². The number of carbonyl (C=O) groups excluding carboxylic acids is 2. The van der Waals surface area contributed by atoms with Crippen LogP contribution in [0.4, 0.5) is 5.69 Å². The number of amides is 2. The molecule has 0 spiro atoms. The maximum atomic E-state index is 13.5. The SMILES string of the molecule is CCc1ccc(N2C(=O)C3C(C2=O)N2CCCN2C3c2ccc(Br)cc2)cc1. The Balaban J connectivity index is 1.55. The van der Waals surface area contributed by atoms with E-state index in [2.05, 4.69) is 45.0 Å². The molecule has 3 aliphatic rings. The van der Waals surface area contributed by atoms with Crippen molar-refractivity contribution in [2.75, 3.05) is 18.0 Å². The molecular weight excluding hydrogens is 418 g/mol. The number of anilines is 1. The van der Waals surface area contributed by atoms with Crippen LogP contribution in [0.25, 0.3) is 0 Å². The molecule has 0 aromatic heterocycles. The Kier molecular flexibility index (Phi) is 4.38. The van der Waals surface area contributed by atoms with E-state index in [1.807, 2.05) is 36.4 Å². The zero-order valence-electron chi connectivity index (χ0n) is 15.7. The highest BCUT2D eigenvalue weighted by molar-refractivity contribution is 9.10. The van der Waals surface area contributed by atoms with E-state index in [4.69, 9.17) is 0 Å². The molecule has 5 rings (SSSR count). The second-order valence-electron chi connectivity index (χ2n) is 7.68. The summed E-state index contributed by atoms with van der Waals surface area (Å²) in [5.74, 6) is -0.535. The van der Waals surface area contributed by atoms with Crippen LogP contribution in [0.15, 0.2) is 53.0 Å². The number of fused-ring (bicyclic) bond motifs is 3. The van der Waals surface area contributed by atoms with Crippen molar-refractivity contribution in [1.29, 1.82) is 0 Å². The van der Waals surface area contributed by atoms with Crippen molar-refractivity contribution in [3.05, 3.63) is 64.1 Å². The number of hydrazine groups is 1. The third-order valence-corrected chi connectivity index (χ3v) is 6.75. The quantitative estimate of drug-likeness (QED) is 0.685. The third kappa shape index (κ3) is 2.59. The molecule has 2 aromatic rings. The van der Waals surface area contributed by atoms with Crippen LogP contribution in [0.2, 0.25) is 0 Å². The molecule has 144 valence electrons. The Morgan fingerprint density at radius 2 is 1.54 bits per heavy atom. The summed E-state index contributed by atoms with van der Waals surface area (Å²) in [6, 6.07) is 15.4. The van der Waals surface area contributed by atoms with Gasteiger partial charge in [-0.2, -0.15) is 0 Å². The first-order valence-electron chi connectivity index (χ1n) is 9.85. The Bertz CT molecular complexity index is 928. The van der Waals surface area contributed by atoms with E-state index >= 15 is 0 Å². The molecule has 3 unspecified atom stereocenters. The van der Waals surface area contributed by atoms with E-state index in [0.717, 1.165) is 36.0 Å². The summed E-state index contributed by atoms with van der Waals surface area (Å²) >= 11 is 3.49. The molecule has 3 heterocycles. The zero-order chi connectivity index (χ0) is 19.4. The molecule has 3 saturated heterocycles. The lowest BCUT2D eigenvalue weighted by Gasteiger charge is -2.29. The van der Waals surface area contributed by atoms with Crippen LogP contribution in [0.3, 0.4) is 0 Å². The molecule has 0 bridgehead atoms. The van der Waals surface area contributed by atoms with Gasteiger partial charge in [-0.3, -0.25) is 9.59 Å². The van der Waals surface area contributed by atoms with Crippen molar-refractivity contribution in [3.8, 4) is 0 Å². The van der Waals surface area contributed by atoms with Crippen molar-refractivity contribution < 1.29 is 9.59 Å². The maximum Gasteiger partial charge on any atom is 0.253 e. The summed E-state index contributed by atoms with van der Waals surface area (Å²) in [6.45, 7) is 3.81. The molecule has 2 aromatic carbocycles. The number of hydrogen-bond acceptors (Lipinski definition) is 4. The molecule has 5 nitrogen and oxygen atoms in total. The van der Waals surface area contributed by atoms with Gasteiger partial charge in [0.15, 0.2) is 0 Å². The van der Waals surface area contributed by atoms with E-state index in [1.54, 1.807) is 0 Å². The predicted molar refractivity (Wildman–Crippen MR) is 111 cm³/mol. The van der Waals surface area contributed by atoms with E-state index in [9.17, 15) is 9.59 Å². The van der Waals surface area contributed by atoms with Crippen LogP contribution in [-0.4, -0.2) is 41.0 Å². The average Bonchev–Trinajstić information content (AvgIpc) is 3.35. The van der Waals surface area contributed by atoms with Gasteiger partial charge in [-0.1, -0.05) is 47.1 Å². The third-order valence-electron chi connectivity index (χ3n) is 6.22. The fraction of sp³-hybridized carbons (Fsp3) is 0.364. The predicted octanol–water partition coefficient (Wildman–Crippen LogP) is 3.55. The number of hydrogen-bond donors (Lipinski definition) is 0. The molecule has 0 aliphatic carbocycles. The second-order valence-corrected chi connectivity index (χ2v) is 8.59. The van der Waals surface area contributed by atoms with Gasteiger partial charge in [0.2, 0.25) is 5.91 Å². The summed E-state index contributed by atoms with van der Waals surface area (Å²) in [7, 11) is 0. The van der Waals surface area contributed by atoms with Crippen LogP contribution in [0.5, 0.6) is 0 Å². The fourth-order valence-corrected chi connectivity index (χ4v) is 5.17. The zero-order valence-corrected chi connectivity index (χ0v) is 17.3. The van der Waals surface area contributed by atoms with E-state index in [1.165, 1.54) is 10.5 Å². The topological polar surface area (TPSA) is 43.9 Å². The van der Waals surface area contributed by atoms with Crippen molar-refractivity contribution in [2.45, 2.75) is 31.8 Å². The van der Waals surface area contributed by atoms with Gasteiger partial charge >= 0.3 is 0 Å². The standard InChI is InChI=1S/C22H22BrN3O2/c1-2-14-4-10-17(11-5-14)26-21(27)18-19(15-6-8-16(23)9-7-15)24-12-3-13-25(24)20(18)22(26)28/h4-11,18-20H,2-3,12-13H2,1H3. The fourth-order valence-electron chi connectivity index (χ4n) is 4.91. The first kappa shape index (κ1) is 18.0. The monoisotopic (exact) mass is 439 g/mol. The maximum absolute atomic E-state index is 13.5. The van der Waals surface area contributed by atoms with Crippen molar-refractivity contribution >= 4 is 33.4 Å². The highest BCUT2D eigenvalue weighted by Gasteiger charge is 2.62. The highest BCUT2D eigenvalue weighted by Crippen LogP contribution is 2.48. The molecule has 0 N–H and O–H groups in total. The summed E-state index contributed by atoms with van der Waals surface area (Å²) in [6.07, 6.45) is 1.95. The Hall–Kier alpha value is -2.02. The number of aryl methyl sites for hydroxylation is 1. The van der Waals surface area contributed by atoms with Crippen molar-refractivity contribution in [2.24, 2.45) is 5.92 Å². The van der Waals surface area contributed by atoms with Gasteiger partial charge in [0.05, 0.1) is 17.6 Å². The van der Waals surface area contributed by atoms with Crippen LogP contribution >= 0.6 is 15.9 Å². The summed E-state index contributed by atoms with van der Waals surface area (Å²) < 4.78 is 1.01. The van der Waals surface area contributed by atoms with Gasteiger partial charge in [-0.15, -0.1) is 0 Å². The number of imide groups is 1. The largest absolute Gasteiger partial charge is 0.274 e. The number of benzene rings is 2. The lowest BCUT2D eigenvalue weighted by atomic mass is 9.90. The van der Waals surface area contributed by atoms with Gasteiger partial charge in [-0.05, 0) is 48.2 Å². The molecule has 0 radical (unpaired) electrons. The summed E-state index contributed by atoms with van der Waals surface area (Å²) in [4.78, 5) is 28.2. The Morgan fingerprint density at radius 1 is 0.893 bits per heavy atom. The minimum absolute atomic E-state index is 0.0819. The smallest absolute Gasteiger partial charge is 0.253 e. The van der Waals surface area contributed by atoms with Crippen LogP contribution in [0, 0.1) is 5.92 Å². The average molecular weight is 440 g/mol. The van der Waals surface area contributed by atoms with Gasteiger partial charge < -0.3 is 0 Å². The highest BCUT2D eigenvalue weighted by atomic mass is 79.9. The summed E-state index contributed by atoms with van der Waals surface area (Å²) in [5, 5.41) is 4.38. The van der Waals surface area contributed by atoms with E-state index in [0.29, 0.717) is 5.69 Å². The molecule has 2 amide bonds. The minimum Gasteiger partial charge on any atom is -0.274 e. The van der Waals surface area contributed by atoms with Crippen LogP contribution < -0.4 is 4.90 Å². The van der Waals surface area contributed by atoms with Gasteiger partial charge in [-0.25, -0.2) is 14.9 Å². The first-order valence-corrected chi connectivity index (χ1v) is 10.6. The van der Waals surface area contributed by atoms with Crippen LogP contribution in [-0.2, 0) is 16.0 Å². The van der Waals surface area contributed by atoms with Gasteiger partial charge in [0.1, 0.15) is 6.04 Å². The first-order chi connectivity index (χ1) is 13.6. The van der Waals surface area contributed by atoms with E-state index in [-0.39, 0.29) is 23.8 Å². The van der Waals surface area contributed by atoms with Crippen molar-refractivity contribution in [3.63, 3.8) is 0 Å². The Morgan fingerprint density at radius 3 is 2.18 bits per heavy atom. The van der Waals surface area contributed by atoms with Gasteiger partial charge in [0, 0.05) is 17.6 Å². The summed E-state index contributed by atoms with van der Waals surface area (Å²) in [5.41, 5.74) is 2.97. The normalized spacial score (nSPS) is 27.5. The molecule has 6 heteroatoms. The Labute approximate surface area is 173 Å². The lowest BCUT2D eigenvalue weighted by molar-refractivity contribution is -0.126. The molecule has 28 heavy (non-hydrogen) atoms. The van der Waals surface area contributed by atoms with Gasteiger partial charge in [0.25, 0.3) is 5.91 Å².